The van der Waals surface area contributed by atoms with Crippen molar-refractivity contribution in [2.75, 3.05) is 33.9 Å². The molecule has 1 aliphatic rings. The van der Waals surface area contributed by atoms with Crippen LogP contribution in [0.5, 0.6) is 5.75 Å². The summed E-state index contributed by atoms with van der Waals surface area (Å²) in [7, 11) is 3.38. The zero-order valence-corrected chi connectivity index (χ0v) is 15.0. The predicted molar refractivity (Wildman–Crippen MR) is 97.5 cm³/mol. The van der Waals surface area contributed by atoms with Crippen LogP contribution in [0, 0.1) is 0 Å². The fourth-order valence-electron chi connectivity index (χ4n) is 3.21. The van der Waals surface area contributed by atoms with Crippen LogP contribution in [0.4, 0.5) is 0 Å². The number of likely N-dealkylation sites (tertiary alicyclic amines) is 1. The molecule has 1 saturated heterocycles. The van der Waals surface area contributed by atoms with Gasteiger partial charge in [0.1, 0.15) is 11.4 Å². The van der Waals surface area contributed by atoms with Gasteiger partial charge in [-0.1, -0.05) is 35.6 Å². The highest BCUT2D eigenvalue weighted by Crippen LogP contribution is 2.22. The molecule has 1 aromatic heterocycles. The van der Waals surface area contributed by atoms with Crippen molar-refractivity contribution < 1.29 is 9.47 Å². The van der Waals surface area contributed by atoms with Crippen molar-refractivity contribution in [1.29, 1.82) is 0 Å². The minimum absolute atomic E-state index is 0.438. The number of aromatic nitrogens is 3. The average Bonchev–Trinajstić information content (AvgIpc) is 3.12. The number of para-hydroxylation sites is 1. The Morgan fingerprint density at radius 3 is 2.76 bits per heavy atom. The molecule has 0 spiro atoms. The molecule has 0 unspecified atom stereocenters. The van der Waals surface area contributed by atoms with Crippen molar-refractivity contribution in [2.24, 2.45) is 0 Å². The van der Waals surface area contributed by atoms with E-state index in [1.807, 2.05) is 29.1 Å². The molecule has 1 aliphatic heterocycles. The summed E-state index contributed by atoms with van der Waals surface area (Å²) in [5, 5.41) is 8.40. The van der Waals surface area contributed by atoms with E-state index in [-0.39, 0.29) is 0 Å². The Bertz CT molecular complexity index is 690. The third-order valence-electron chi connectivity index (χ3n) is 4.58. The molecule has 3 rings (SSSR count). The van der Waals surface area contributed by atoms with Gasteiger partial charge in [0.2, 0.25) is 0 Å². The molecule has 0 aliphatic carbocycles. The first-order chi connectivity index (χ1) is 12.3. The first kappa shape index (κ1) is 17.6. The van der Waals surface area contributed by atoms with Crippen molar-refractivity contribution in [2.45, 2.75) is 25.5 Å². The number of nitrogens with zero attached hydrogens (tertiary/aromatic N) is 4. The van der Waals surface area contributed by atoms with E-state index in [4.69, 9.17) is 9.47 Å². The third-order valence-corrected chi connectivity index (χ3v) is 4.58. The SMILES string of the molecule is COCc1cn(C2CCN(C/C=C/c3ccccc3OC)CC2)nn1. The van der Waals surface area contributed by atoms with Gasteiger partial charge in [-0.25, -0.2) is 4.68 Å². The highest BCUT2D eigenvalue weighted by molar-refractivity contribution is 5.57. The summed E-state index contributed by atoms with van der Waals surface area (Å²) in [6, 6.07) is 8.52. The normalized spacial score (nSPS) is 16.6. The molecular formula is C19H26N4O2. The Hall–Kier alpha value is -2.18. The lowest BCUT2D eigenvalue weighted by atomic mass is 10.1. The molecule has 0 amide bonds. The highest BCUT2D eigenvalue weighted by atomic mass is 16.5. The molecule has 0 saturated carbocycles. The van der Waals surface area contributed by atoms with Gasteiger partial charge in [-0.15, -0.1) is 5.10 Å². The number of piperidine rings is 1. The van der Waals surface area contributed by atoms with Crippen LogP contribution in [0.15, 0.2) is 36.5 Å². The molecule has 2 aromatic rings. The summed E-state index contributed by atoms with van der Waals surface area (Å²) < 4.78 is 12.5. The van der Waals surface area contributed by atoms with Crippen LogP contribution in [0.25, 0.3) is 6.08 Å². The molecule has 0 atom stereocenters. The predicted octanol–water partition coefficient (Wildman–Crippen LogP) is 2.78. The third kappa shape index (κ3) is 4.67. The van der Waals surface area contributed by atoms with Crippen molar-refractivity contribution in [3.63, 3.8) is 0 Å². The van der Waals surface area contributed by atoms with E-state index in [9.17, 15) is 0 Å². The largest absolute Gasteiger partial charge is 0.496 e. The standard InChI is InChI=1S/C19H26N4O2/c1-24-15-17-14-23(21-20-17)18-9-12-22(13-10-18)11-5-7-16-6-3-4-8-19(16)25-2/h3-8,14,18H,9-13,15H2,1-2H3/b7-5+. The van der Waals surface area contributed by atoms with Gasteiger partial charge in [0.05, 0.1) is 26.0 Å². The molecule has 6 nitrogen and oxygen atoms in total. The van der Waals surface area contributed by atoms with Crippen molar-refractivity contribution >= 4 is 6.08 Å². The summed E-state index contributed by atoms with van der Waals surface area (Å²) in [5.74, 6) is 0.913. The van der Waals surface area contributed by atoms with Gasteiger partial charge in [0.15, 0.2) is 0 Å². The fourth-order valence-corrected chi connectivity index (χ4v) is 3.21. The molecule has 134 valence electrons. The highest BCUT2D eigenvalue weighted by Gasteiger charge is 2.20. The van der Waals surface area contributed by atoms with Crippen LogP contribution in [0.1, 0.15) is 30.1 Å². The first-order valence-electron chi connectivity index (χ1n) is 8.71. The Balaban J connectivity index is 1.48. The van der Waals surface area contributed by atoms with Gasteiger partial charge in [-0.2, -0.15) is 0 Å². The van der Waals surface area contributed by atoms with Crippen LogP contribution < -0.4 is 4.74 Å². The second-order valence-corrected chi connectivity index (χ2v) is 6.30. The average molecular weight is 342 g/mol. The van der Waals surface area contributed by atoms with E-state index in [0.29, 0.717) is 12.6 Å². The van der Waals surface area contributed by atoms with Crippen LogP contribution in [-0.2, 0) is 11.3 Å². The quantitative estimate of drug-likeness (QED) is 0.774. The van der Waals surface area contributed by atoms with Crippen LogP contribution in [0.3, 0.4) is 0 Å². The van der Waals surface area contributed by atoms with Crippen LogP contribution >= 0.6 is 0 Å². The molecule has 1 fully saturated rings. The fraction of sp³-hybridized carbons (Fsp3) is 0.474. The number of benzene rings is 1. The summed E-state index contributed by atoms with van der Waals surface area (Å²) in [5.41, 5.74) is 2.01. The zero-order valence-electron chi connectivity index (χ0n) is 15.0. The molecule has 6 heteroatoms. The lowest BCUT2D eigenvalue weighted by Gasteiger charge is -2.30. The minimum Gasteiger partial charge on any atom is -0.496 e. The maximum Gasteiger partial charge on any atom is 0.126 e. The summed E-state index contributed by atoms with van der Waals surface area (Å²) in [6.45, 7) is 3.62. The van der Waals surface area contributed by atoms with Gasteiger partial charge >= 0.3 is 0 Å². The number of ether oxygens (including phenoxy) is 2. The van der Waals surface area contributed by atoms with E-state index in [1.165, 1.54) is 0 Å². The topological polar surface area (TPSA) is 52.4 Å². The number of hydrogen-bond donors (Lipinski definition) is 0. The van der Waals surface area contributed by atoms with Crippen LogP contribution in [-0.4, -0.2) is 53.7 Å². The monoisotopic (exact) mass is 342 g/mol. The lowest BCUT2D eigenvalue weighted by Crippen LogP contribution is -2.34. The Labute approximate surface area is 149 Å². The van der Waals surface area contributed by atoms with Gasteiger partial charge in [-0.05, 0) is 18.9 Å². The van der Waals surface area contributed by atoms with Gasteiger partial charge < -0.3 is 9.47 Å². The number of hydrogen-bond acceptors (Lipinski definition) is 5. The van der Waals surface area contributed by atoms with E-state index >= 15 is 0 Å². The summed E-state index contributed by atoms with van der Waals surface area (Å²) in [6.07, 6.45) is 8.55. The molecule has 25 heavy (non-hydrogen) atoms. The lowest BCUT2D eigenvalue weighted by molar-refractivity contribution is 0.181. The number of methoxy groups -OCH3 is 2. The summed E-state index contributed by atoms with van der Waals surface area (Å²) in [4.78, 5) is 2.47. The maximum atomic E-state index is 5.38. The van der Waals surface area contributed by atoms with Crippen molar-refractivity contribution in [1.82, 2.24) is 19.9 Å². The first-order valence-corrected chi connectivity index (χ1v) is 8.71. The molecule has 0 bridgehead atoms. The number of rotatable bonds is 7. The second-order valence-electron chi connectivity index (χ2n) is 6.30. The Morgan fingerprint density at radius 1 is 1.20 bits per heavy atom. The Kier molecular flexibility index (Phi) is 6.19. The van der Waals surface area contributed by atoms with Crippen LogP contribution in [0.2, 0.25) is 0 Å². The van der Waals surface area contributed by atoms with Crippen molar-refractivity contribution in [3.8, 4) is 5.75 Å². The molecule has 2 heterocycles. The minimum atomic E-state index is 0.438. The van der Waals surface area contributed by atoms with E-state index in [0.717, 1.165) is 49.5 Å². The zero-order chi connectivity index (χ0) is 17.5. The molecular weight excluding hydrogens is 316 g/mol. The molecule has 1 aromatic carbocycles. The Morgan fingerprint density at radius 2 is 2.00 bits per heavy atom. The smallest absolute Gasteiger partial charge is 0.126 e. The summed E-state index contributed by atoms with van der Waals surface area (Å²) >= 11 is 0. The van der Waals surface area contributed by atoms with E-state index in [2.05, 4.69) is 33.4 Å². The van der Waals surface area contributed by atoms with Gasteiger partial charge in [-0.3, -0.25) is 4.90 Å². The van der Waals surface area contributed by atoms with Gasteiger partial charge in [0, 0.05) is 32.3 Å². The second kappa shape index (κ2) is 8.78. The van der Waals surface area contributed by atoms with E-state index in [1.54, 1.807) is 14.2 Å². The van der Waals surface area contributed by atoms with Gasteiger partial charge in [0.25, 0.3) is 0 Å². The van der Waals surface area contributed by atoms with E-state index < -0.39 is 0 Å². The molecule has 0 radical (unpaired) electrons. The molecule has 0 N–H and O–H groups in total. The maximum absolute atomic E-state index is 5.38. The van der Waals surface area contributed by atoms with Crippen molar-refractivity contribution in [3.05, 3.63) is 47.8 Å².